The van der Waals surface area contributed by atoms with Crippen LogP contribution in [0.2, 0.25) is 5.15 Å². The molecule has 12 heavy (non-hydrogen) atoms. The average molecular weight is 191 g/mol. The van der Waals surface area contributed by atoms with E-state index in [9.17, 15) is 4.79 Å². The van der Waals surface area contributed by atoms with Crippen LogP contribution in [-0.4, -0.2) is 30.3 Å². The average Bonchev–Trinajstić information content (AvgIpc) is 2.49. The fourth-order valence-corrected chi connectivity index (χ4v) is 0.726. The standard InChI is InChI=1S/C6H7ClN2O3/c1-9(11-2)6(10)4-3-5(7)8-12-4/h3H,1-2H3. The van der Waals surface area contributed by atoms with E-state index >= 15 is 0 Å². The zero-order valence-electron chi connectivity index (χ0n) is 6.57. The van der Waals surface area contributed by atoms with Crippen molar-refractivity contribution in [1.82, 2.24) is 10.2 Å². The molecule has 0 aromatic carbocycles. The van der Waals surface area contributed by atoms with Crippen LogP contribution in [0, 0.1) is 0 Å². The first kappa shape index (κ1) is 9.02. The molecule has 66 valence electrons. The molecule has 0 fully saturated rings. The Hall–Kier alpha value is -1.07. The summed E-state index contributed by atoms with van der Waals surface area (Å²) in [6, 6.07) is 1.32. The monoisotopic (exact) mass is 190 g/mol. The minimum Gasteiger partial charge on any atom is -0.349 e. The van der Waals surface area contributed by atoms with E-state index in [4.69, 9.17) is 11.6 Å². The Labute approximate surface area is 73.8 Å². The summed E-state index contributed by atoms with van der Waals surface area (Å²) >= 11 is 5.44. The number of hydrogen-bond acceptors (Lipinski definition) is 4. The number of carbonyl (C=O) groups excluding carboxylic acids is 1. The fraction of sp³-hybridized carbons (Fsp3) is 0.333. The number of hydroxylamine groups is 2. The summed E-state index contributed by atoms with van der Waals surface area (Å²) in [5.41, 5.74) is 0. The van der Waals surface area contributed by atoms with Gasteiger partial charge in [-0.2, -0.15) is 0 Å². The van der Waals surface area contributed by atoms with Crippen LogP contribution in [0.15, 0.2) is 10.6 Å². The number of rotatable bonds is 2. The molecule has 0 aliphatic heterocycles. The van der Waals surface area contributed by atoms with Crippen molar-refractivity contribution in [2.24, 2.45) is 0 Å². The van der Waals surface area contributed by atoms with Crippen molar-refractivity contribution in [3.8, 4) is 0 Å². The van der Waals surface area contributed by atoms with Crippen molar-refractivity contribution in [2.75, 3.05) is 14.2 Å². The second-order valence-electron chi connectivity index (χ2n) is 2.00. The molecule has 0 radical (unpaired) electrons. The topological polar surface area (TPSA) is 55.6 Å². The van der Waals surface area contributed by atoms with Gasteiger partial charge in [-0.1, -0.05) is 16.8 Å². The molecule has 0 N–H and O–H groups in total. The first-order chi connectivity index (χ1) is 5.65. The molecule has 0 spiro atoms. The lowest BCUT2D eigenvalue weighted by Crippen LogP contribution is -2.24. The first-order valence-corrected chi connectivity index (χ1v) is 3.47. The van der Waals surface area contributed by atoms with Crippen LogP contribution in [0.5, 0.6) is 0 Å². The number of hydrogen-bond donors (Lipinski definition) is 0. The van der Waals surface area contributed by atoms with Gasteiger partial charge in [-0.15, -0.1) is 0 Å². The minimum atomic E-state index is -0.433. The molecule has 0 bridgehead atoms. The molecule has 0 saturated carbocycles. The minimum absolute atomic E-state index is 0.0457. The largest absolute Gasteiger partial charge is 0.349 e. The highest BCUT2D eigenvalue weighted by Gasteiger charge is 2.16. The summed E-state index contributed by atoms with van der Waals surface area (Å²) in [6.45, 7) is 0. The molecule has 1 rings (SSSR count). The van der Waals surface area contributed by atoms with Gasteiger partial charge in [0, 0.05) is 13.1 Å². The maximum atomic E-state index is 11.2. The first-order valence-electron chi connectivity index (χ1n) is 3.09. The summed E-state index contributed by atoms with van der Waals surface area (Å²) in [4.78, 5) is 15.8. The van der Waals surface area contributed by atoms with Gasteiger partial charge in [-0.3, -0.25) is 9.63 Å². The quantitative estimate of drug-likeness (QED) is 0.652. The van der Waals surface area contributed by atoms with E-state index in [-0.39, 0.29) is 10.9 Å². The van der Waals surface area contributed by atoms with Gasteiger partial charge in [0.1, 0.15) is 0 Å². The van der Waals surface area contributed by atoms with E-state index in [1.165, 1.54) is 20.2 Å². The third-order valence-electron chi connectivity index (χ3n) is 1.25. The zero-order valence-corrected chi connectivity index (χ0v) is 7.33. The predicted molar refractivity (Wildman–Crippen MR) is 40.6 cm³/mol. The van der Waals surface area contributed by atoms with E-state index in [1.54, 1.807) is 0 Å². The van der Waals surface area contributed by atoms with Gasteiger partial charge >= 0.3 is 5.91 Å². The van der Waals surface area contributed by atoms with E-state index in [0.717, 1.165) is 5.06 Å². The SMILES string of the molecule is CON(C)C(=O)c1cc(Cl)no1. The third kappa shape index (κ3) is 1.75. The predicted octanol–water partition coefficient (Wildman–Crippen LogP) is 0.961. The zero-order chi connectivity index (χ0) is 9.14. The van der Waals surface area contributed by atoms with Crippen LogP contribution in [-0.2, 0) is 4.84 Å². The van der Waals surface area contributed by atoms with Crippen molar-refractivity contribution in [2.45, 2.75) is 0 Å². The summed E-state index contributed by atoms with van der Waals surface area (Å²) in [5.74, 6) is -0.388. The summed E-state index contributed by atoms with van der Waals surface area (Å²) in [5, 5.41) is 4.49. The van der Waals surface area contributed by atoms with Gasteiger partial charge in [0.25, 0.3) is 0 Å². The highest BCUT2D eigenvalue weighted by molar-refractivity contribution is 6.29. The van der Waals surface area contributed by atoms with Gasteiger partial charge in [-0.05, 0) is 0 Å². The lowest BCUT2D eigenvalue weighted by Gasteiger charge is -2.10. The van der Waals surface area contributed by atoms with Gasteiger partial charge in [-0.25, -0.2) is 5.06 Å². The van der Waals surface area contributed by atoms with E-state index in [0.29, 0.717) is 0 Å². The molecule has 1 aromatic heterocycles. The van der Waals surface area contributed by atoms with Crippen molar-refractivity contribution in [1.29, 1.82) is 0 Å². The Balaban J connectivity index is 2.78. The normalized spacial score (nSPS) is 9.92. The van der Waals surface area contributed by atoms with Gasteiger partial charge in [0.05, 0.1) is 7.11 Å². The van der Waals surface area contributed by atoms with Crippen LogP contribution in [0.25, 0.3) is 0 Å². The van der Waals surface area contributed by atoms with Gasteiger partial charge in [0.2, 0.25) is 5.76 Å². The maximum absolute atomic E-state index is 11.2. The Morgan fingerprint density at radius 2 is 2.50 bits per heavy atom. The molecule has 5 nitrogen and oxygen atoms in total. The van der Waals surface area contributed by atoms with E-state index < -0.39 is 5.91 Å². The molecule has 0 saturated heterocycles. The number of amides is 1. The lowest BCUT2D eigenvalue weighted by molar-refractivity contribution is -0.0776. The molecule has 0 atom stereocenters. The second kappa shape index (κ2) is 3.55. The summed E-state index contributed by atoms with van der Waals surface area (Å²) in [7, 11) is 2.83. The Bertz CT molecular complexity index is 286. The Morgan fingerprint density at radius 3 is 2.92 bits per heavy atom. The van der Waals surface area contributed by atoms with E-state index in [1.807, 2.05) is 0 Å². The van der Waals surface area contributed by atoms with Crippen LogP contribution in [0.1, 0.15) is 10.6 Å². The maximum Gasteiger partial charge on any atom is 0.315 e. The molecular formula is C6H7ClN2O3. The molecule has 1 amide bonds. The molecule has 0 unspecified atom stereocenters. The number of aromatic nitrogens is 1. The smallest absolute Gasteiger partial charge is 0.315 e. The third-order valence-corrected chi connectivity index (χ3v) is 1.43. The summed E-state index contributed by atoms with van der Waals surface area (Å²) < 4.78 is 4.60. The lowest BCUT2D eigenvalue weighted by atomic mass is 10.4. The van der Waals surface area contributed by atoms with Crippen molar-refractivity contribution < 1.29 is 14.2 Å². The molecule has 0 aliphatic carbocycles. The number of carbonyl (C=O) groups is 1. The number of nitrogens with zero attached hydrogens (tertiary/aromatic N) is 2. The fourth-order valence-electron chi connectivity index (χ4n) is 0.593. The Kier molecular flexibility index (Phi) is 2.67. The number of halogens is 1. The molecule has 6 heteroatoms. The molecule has 0 aliphatic rings. The summed E-state index contributed by atoms with van der Waals surface area (Å²) in [6.07, 6.45) is 0. The van der Waals surface area contributed by atoms with Crippen LogP contribution in [0.4, 0.5) is 0 Å². The van der Waals surface area contributed by atoms with Crippen LogP contribution in [0.3, 0.4) is 0 Å². The second-order valence-corrected chi connectivity index (χ2v) is 2.39. The van der Waals surface area contributed by atoms with Crippen molar-refractivity contribution in [3.05, 3.63) is 17.0 Å². The van der Waals surface area contributed by atoms with Gasteiger partial charge in [0.15, 0.2) is 5.15 Å². The molecular weight excluding hydrogens is 184 g/mol. The highest BCUT2D eigenvalue weighted by atomic mass is 35.5. The molecule has 1 heterocycles. The van der Waals surface area contributed by atoms with E-state index in [2.05, 4.69) is 14.5 Å². The van der Waals surface area contributed by atoms with Crippen molar-refractivity contribution >= 4 is 17.5 Å². The van der Waals surface area contributed by atoms with Crippen molar-refractivity contribution in [3.63, 3.8) is 0 Å². The van der Waals surface area contributed by atoms with Crippen LogP contribution < -0.4 is 0 Å². The molecule has 1 aromatic rings. The van der Waals surface area contributed by atoms with Crippen LogP contribution >= 0.6 is 11.6 Å². The highest BCUT2D eigenvalue weighted by Crippen LogP contribution is 2.10. The Morgan fingerprint density at radius 1 is 1.83 bits per heavy atom. The van der Waals surface area contributed by atoms with Gasteiger partial charge < -0.3 is 4.52 Å².